The molecule has 1 heterocycles. The molecular formula is C13H17ClN2S. The lowest BCUT2D eigenvalue weighted by molar-refractivity contribution is 0.523. The fourth-order valence-corrected chi connectivity index (χ4v) is 3.12. The molecular weight excluding hydrogens is 252 g/mol. The van der Waals surface area contributed by atoms with Gasteiger partial charge in [0, 0.05) is 5.75 Å². The van der Waals surface area contributed by atoms with E-state index in [1.54, 1.807) is 11.8 Å². The number of amidine groups is 1. The third-order valence-electron chi connectivity index (χ3n) is 3.11. The number of thioether (sulfide) groups is 1. The summed E-state index contributed by atoms with van der Waals surface area (Å²) >= 11 is 7.95. The number of aryl methyl sites for hydroxylation is 1. The van der Waals surface area contributed by atoms with E-state index < -0.39 is 0 Å². The van der Waals surface area contributed by atoms with E-state index in [9.17, 15) is 0 Å². The Hall–Kier alpha value is -0.670. The Balaban J connectivity index is 2.20. The van der Waals surface area contributed by atoms with Crippen molar-refractivity contribution in [3.05, 3.63) is 28.8 Å². The molecule has 1 aliphatic rings. The van der Waals surface area contributed by atoms with E-state index in [-0.39, 0.29) is 5.54 Å². The average molecular weight is 269 g/mol. The van der Waals surface area contributed by atoms with Crippen molar-refractivity contribution in [2.75, 3.05) is 11.1 Å². The standard InChI is InChI=1S/C13H17ClN2S/c1-4-13(3)8-17-12(16-13)15-11-9(2)6-5-7-10(11)14/h5-7H,4,8H2,1-3H3,(H,15,16). The Morgan fingerprint density at radius 1 is 1.53 bits per heavy atom. The zero-order valence-corrected chi connectivity index (χ0v) is 12.0. The normalized spacial score (nSPS) is 23.6. The van der Waals surface area contributed by atoms with E-state index in [1.165, 1.54) is 0 Å². The lowest BCUT2D eigenvalue weighted by Crippen LogP contribution is -2.20. The maximum atomic E-state index is 6.19. The SMILES string of the molecule is CCC1(C)CSC(Nc2c(C)cccc2Cl)=N1. The second-order valence-electron chi connectivity index (χ2n) is 4.61. The zero-order chi connectivity index (χ0) is 12.5. The first kappa shape index (κ1) is 12.8. The Morgan fingerprint density at radius 3 is 2.88 bits per heavy atom. The van der Waals surface area contributed by atoms with Gasteiger partial charge in [0.1, 0.15) is 0 Å². The van der Waals surface area contributed by atoms with Crippen LogP contribution in [0.4, 0.5) is 5.69 Å². The summed E-state index contributed by atoms with van der Waals surface area (Å²) in [6, 6.07) is 5.91. The highest BCUT2D eigenvalue weighted by Gasteiger charge is 2.29. The first-order chi connectivity index (χ1) is 8.04. The molecule has 1 atom stereocenters. The van der Waals surface area contributed by atoms with Crippen molar-refractivity contribution in [2.45, 2.75) is 32.7 Å². The van der Waals surface area contributed by atoms with Gasteiger partial charge in [0.2, 0.25) is 0 Å². The Labute approximate surface area is 112 Å². The topological polar surface area (TPSA) is 24.4 Å². The molecule has 2 rings (SSSR count). The number of nitrogens with zero attached hydrogens (tertiary/aromatic N) is 1. The molecule has 4 heteroatoms. The first-order valence-corrected chi connectivity index (χ1v) is 7.15. The van der Waals surface area contributed by atoms with Crippen molar-refractivity contribution < 1.29 is 0 Å². The summed E-state index contributed by atoms with van der Waals surface area (Å²) in [5.74, 6) is 1.04. The van der Waals surface area contributed by atoms with Crippen LogP contribution < -0.4 is 5.32 Å². The lowest BCUT2D eigenvalue weighted by Gasteiger charge is -2.15. The third-order valence-corrected chi connectivity index (χ3v) is 4.65. The maximum absolute atomic E-state index is 6.19. The molecule has 1 aliphatic heterocycles. The molecule has 0 fully saturated rings. The minimum Gasteiger partial charge on any atom is -0.334 e. The third kappa shape index (κ3) is 2.78. The van der Waals surface area contributed by atoms with Gasteiger partial charge < -0.3 is 5.32 Å². The fraction of sp³-hybridized carbons (Fsp3) is 0.462. The first-order valence-electron chi connectivity index (χ1n) is 5.79. The largest absolute Gasteiger partial charge is 0.334 e. The molecule has 0 bridgehead atoms. The second kappa shape index (κ2) is 4.91. The van der Waals surface area contributed by atoms with Gasteiger partial charge in [0.05, 0.1) is 16.2 Å². The van der Waals surface area contributed by atoms with Crippen LogP contribution in [0.25, 0.3) is 0 Å². The van der Waals surface area contributed by atoms with Crippen LogP contribution in [0, 0.1) is 6.92 Å². The van der Waals surface area contributed by atoms with Crippen LogP contribution in [0.15, 0.2) is 23.2 Å². The summed E-state index contributed by atoms with van der Waals surface area (Å²) in [7, 11) is 0. The van der Waals surface area contributed by atoms with Gasteiger partial charge in [-0.3, -0.25) is 4.99 Å². The minimum absolute atomic E-state index is 0.0716. The average Bonchev–Trinajstić information content (AvgIpc) is 2.67. The number of rotatable bonds is 2. The number of hydrogen-bond donors (Lipinski definition) is 1. The van der Waals surface area contributed by atoms with Gasteiger partial charge in [-0.15, -0.1) is 0 Å². The lowest BCUT2D eigenvalue weighted by atomic mass is 10.0. The van der Waals surface area contributed by atoms with Crippen molar-refractivity contribution in [2.24, 2.45) is 4.99 Å². The number of aliphatic imine (C=N–C) groups is 1. The van der Waals surface area contributed by atoms with Gasteiger partial charge >= 0.3 is 0 Å². The van der Waals surface area contributed by atoms with Crippen molar-refractivity contribution in [1.29, 1.82) is 0 Å². The summed E-state index contributed by atoms with van der Waals surface area (Å²) in [4.78, 5) is 4.73. The van der Waals surface area contributed by atoms with E-state index in [0.29, 0.717) is 0 Å². The highest BCUT2D eigenvalue weighted by atomic mass is 35.5. The quantitative estimate of drug-likeness (QED) is 0.863. The van der Waals surface area contributed by atoms with E-state index in [4.69, 9.17) is 16.6 Å². The van der Waals surface area contributed by atoms with Crippen molar-refractivity contribution in [3.8, 4) is 0 Å². The highest BCUT2D eigenvalue weighted by Crippen LogP contribution is 2.33. The van der Waals surface area contributed by atoms with Crippen molar-refractivity contribution in [3.63, 3.8) is 0 Å². The number of anilines is 1. The highest BCUT2D eigenvalue weighted by molar-refractivity contribution is 8.14. The predicted molar refractivity (Wildman–Crippen MR) is 78.4 cm³/mol. The van der Waals surface area contributed by atoms with Crippen LogP contribution in [0.3, 0.4) is 0 Å². The number of para-hydroxylation sites is 1. The van der Waals surface area contributed by atoms with E-state index in [1.807, 2.05) is 25.1 Å². The number of nitrogens with one attached hydrogen (secondary N) is 1. The molecule has 1 aromatic carbocycles. The van der Waals surface area contributed by atoms with Gasteiger partial charge in [0.15, 0.2) is 5.17 Å². The summed E-state index contributed by atoms with van der Waals surface area (Å²) in [6.07, 6.45) is 1.06. The molecule has 0 aromatic heterocycles. The molecule has 1 unspecified atom stereocenters. The van der Waals surface area contributed by atoms with E-state index in [0.717, 1.165) is 33.6 Å². The minimum atomic E-state index is 0.0716. The summed E-state index contributed by atoms with van der Waals surface area (Å²) in [6.45, 7) is 6.41. The summed E-state index contributed by atoms with van der Waals surface area (Å²) in [5.41, 5.74) is 2.19. The van der Waals surface area contributed by atoms with E-state index in [2.05, 4.69) is 19.2 Å². The van der Waals surface area contributed by atoms with Crippen LogP contribution in [0.2, 0.25) is 5.02 Å². The summed E-state index contributed by atoms with van der Waals surface area (Å²) in [5, 5.41) is 5.07. The van der Waals surface area contributed by atoms with Gasteiger partial charge in [-0.05, 0) is 31.9 Å². The molecule has 1 N–H and O–H groups in total. The molecule has 1 aromatic rings. The molecule has 2 nitrogen and oxygen atoms in total. The van der Waals surface area contributed by atoms with Crippen molar-refractivity contribution in [1.82, 2.24) is 0 Å². The van der Waals surface area contributed by atoms with Crippen LogP contribution in [-0.4, -0.2) is 16.5 Å². The number of benzene rings is 1. The maximum Gasteiger partial charge on any atom is 0.161 e. The molecule has 0 amide bonds. The predicted octanol–water partition coefficient (Wildman–Crippen LogP) is 4.33. The number of hydrogen-bond acceptors (Lipinski definition) is 3. The number of halogens is 1. The molecule has 0 saturated heterocycles. The Bertz CT molecular complexity index is 438. The van der Waals surface area contributed by atoms with Gasteiger partial charge in [-0.25, -0.2) is 0 Å². The molecule has 0 aliphatic carbocycles. The Kier molecular flexibility index (Phi) is 3.69. The Morgan fingerprint density at radius 2 is 2.29 bits per heavy atom. The van der Waals surface area contributed by atoms with E-state index >= 15 is 0 Å². The summed E-state index contributed by atoms with van der Waals surface area (Å²) < 4.78 is 0. The molecule has 0 saturated carbocycles. The van der Waals surface area contributed by atoms with Gasteiger partial charge in [0.25, 0.3) is 0 Å². The molecule has 0 radical (unpaired) electrons. The fourth-order valence-electron chi connectivity index (χ4n) is 1.68. The van der Waals surface area contributed by atoms with Gasteiger partial charge in [-0.1, -0.05) is 42.4 Å². The second-order valence-corrected chi connectivity index (χ2v) is 5.98. The molecule has 0 spiro atoms. The zero-order valence-electron chi connectivity index (χ0n) is 10.4. The van der Waals surface area contributed by atoms with Crippen LogP contribution in [0.1, 0.15) is 25.8 Å². The van der Waals surface area contributed by atoms with Gasteiger partial charge in [-0.2, -0.15) is 0 Å². The monoisotopic (exact) mass is 268 g/mol. The van der Waals surface area contributed by atoms with Crippen LogP contribution in [0.5, 0.6) is 0 Å². The van der Waals surface area contributed by atoms with Crippen LogP contribution >= 0.6 is 23.4 Å². The molecule has 17 heavy (non-hydrogen) atoms. The molecule has 92 valence electrons. The smallest absolute Gasteiger partial charge is 0.161 e. The van der Waals surface area contributed by atoms with Crippen molar-refractivity contribution >= 4 is 34.2 Å². The van der Waals surface area contributed by atoms with Crippen LogP contribution in [-0.2, 0) is 0 Å².